The van der Waals surface area contributed by atoms with Crippen LogP contribution < -0.4 is 5.32 Å². The van der Waals surface area contributed by atoms with E-state index in [2.05, 4.69) is 27.4 Å². The van der Waals surface area contributed by atoms with Crippen molar-refractivity contribution in [2.24, 2.45) is 0 Å². The average Bonchev–Trinajstić information content (AvgIpc) is 3.34. The lowest BCUT2D eigenvalue weighted by Crippen LogP contribution is -2.11. The van der Waals surface area contributed by atoms with E-state index in [0.29, 0.717) is 17.1 Å². The van der Waals surface area contributed by atoms with Gasteiger partial charge in [0.1, 0.15) is 0 Å². The molecule has 0 saturated heterocycles. The molecule has 138 valence electrons. The number of carbonyl (C=O) groups is 1. The van der Waals surface area contributed by atoms with Crippen LogP contribution in [0.15, 0.2) is 53.9 Å². The van der Waals surface area contributed by atoms with Gasteiger partial charge in [0.05, 0.1) is 32.6 Å². The van der Waals surface area contributed by atoms with Crippen LogP contribution in [0.4, 0.5) is 5.13 Å². The predicted molar refractivity (Wildman–Crippen MR) is 113 cm³/mol. The van der Waals surface area contributed by atoms with E-state index in [1.54, 1.807) is 23.5 Å². The van der Waals surface area contributed by atoms with Crippen LogP contribution in [-0.4, -0.2) is 15.9 Å². The molecule has 2 aromatic carbocycles. The fraction of sp³-hybridized carbons (Fsp3) is 0.143. The number of carbonyl (C=O) groups excluding carboxylic acids is 1. The Labute approximate surface area is 170 Å². The molecule has 1 N–H and O–H groups in total. The molecular formula is C21H16N4OS2. The summed E-state index contributed by atoms with van der Waals surface area (Å²) in [4.78, 5) is 21.3. The van der Waals surface area contributed by atoms with Gasteiger partial charge in [-0.3, -0.25) is 4.79 Å². The van der Waals surface area contributed by atoms with Crippen LogP contribution in [0.3, 0.4) is 0 Å². The quantitative estimate of drug-likeness (QED) is 0.476. The number of thiazole rings is 2. The standard InChI is InChI=1S/C21H16N4OS2/c22-12-14-8-10-15(11-9-14)17-13-27-21(24-17)25-19(26)6-3-7-20-23-16-4-1-2-5-18(16)28-20/h1-2,4-5,8-11,13H,3,6-7H2,(H,24,25,26). The number of nitriles is 1. The lowest BCUT2D eigenvalue weighted by atomic mass is 10.1. The van der Waals surface area contributed by atoms with Crippen molar-refractivity contribution >= 4 is 43.9 Å². The number of nitrogens with zero attached hydrogens (tertiary/aromatic N) is 3. The summed E-state index contributed by atoms with van der Waals surface area (Å²) < 4.78 is 1.18. The van der Waals surface area contributed by atoms with E-state index in [9.17, 15) is 4.79 Å². The van der Waals surface area contributed by atoms with Crippen molar-refractivity contribution in [1.29, 1.82) is 5.26 Å². The number of benzene rings is 2. The van der Waals surface area contributed by atoms with E-state index >= 15 is 0 Å². The third kappa shape index (κ3) is 4.25. The Kier molecular flexibility index (Phi) is 5.42. The van der Waals surface area contributed by atoms with E-state index in [1.807, 2.05) is 35.7 Å². The molecular weight excluding hydrogens is 388 g/mol. The number of fused-ring (bicyclic) bond motifs is 1. The summed E-state index contributed by atoms with van der Waals surface area (Å²) in [6.45, 7) is 0. The third-order valence-electron chi connectivity index (χ3n) is 4.19. The molecule has 2 aromatic heterocycles. The predicted octanol–water partition coefficient (Wildman–Crippen LogP) is 5.25. The average molecular weight is 405 g/mol. The monoisotopic (exact) mass is 404 g/mol. The highest BCUT2D eigenvalue weighted by atomic mass is 32.1. The Morgan fingerprint density at radius 3 is 2.71 bits per heavy atom. The van der Waals surface area contributed by atoms with Crippen molar-refractivity contribution in [3.8, 4) is 17.3 Å². The second-order valence-electron chi connectivity index (χ2n) is 6.20. The van der Waals surface area contributed by atoms with Crippen LogP contribution in [0.1, 0.15) is 23.4 Å². The van der Waals surface area contributed by atoms with Crippen LogP contribution in [0.25, 0.3) is 21.5 Å². The van der Waals surface area contributed by atoms with Gasteiger partial charge in [-0.15, -0.1) is 22.7 Å². The summed E-state index contributed by atoms with van der Waals surface area (Å²) in [7, 11) is 0. The molecule has 0 aliphatic heterocycles. The molecule has 28 heavy (non-hydrogen) atoms. The zero-order valence-corrected chi connectivity index (χ0v) is 16.5. The number of amides is 1. The van der Waals surface area contributed by atoms with Gasteiger partial charge >= 0.3 is 0 Å². The van der Waals surface area contributed by atoms with E-state index in [0.717, 1.165) is 34.6 Å². The smallest absolute Gasteiger partial charge is 0.226 e. The minimum absolute atomic E-state index is 0.0400. The Bertz CT molecular complexity index is 1120. The lowest BCUT2D eigenvalue weighted by Gasteiger charge is -2.01. The number of aryl methyl sites for hydroxylation is 1. The van der Waals surface area contributed by atoms with E-state index in [1.165, 1.54) is 16.0 Å². The van der Waals surface area contributed by atoms with Crippen molar-refractivity contribution in [2.75, 3.05) is 5.32 Å². The first-order valence-corrected chi connectivity index (χ1v) is 10.5. The number of aromatic nitrogens is 2. The van der Waals surface area contributed by atoms with Gasteiger partial charge < -0.3 is 5.32 Å². The van der Waals surface area contributed by atoms with E-state index in [-0.39, 0.29) is 5.91 Å². The fourth-order valence-electron chi connectivity index (χ4n) is 2.79. The molecule has 0 atom stereocenters. The molecule has 0 bridgehead atoms. The zero-order valence-electron chi connectivity index (χ0n) is 14.9. The molecule has 0 radical (unpaired) electrons. The number of anilines is 1. The first-order valence-electron chi connectivity index (χ1n) is 8.81. The molecule has 0 fully saturated rings. The second kappa shape index (κ2) is 8.30. The van der Waals surface area contributed by atoms with Gasteiger partial charge in [0, 0.05) is 17.4 Å². The fourth-order valence-corrected chi connectivity index (χ4v) is 4.53. The van der Waals surface area contributed by atoms with Crippen molar-refractivity contribution < 1.29 is 4.79 Å². The number of hydrogen-bond acceptors (Lipinski definition) is 6. The molecule has 0 saturated carbocycles. The normalized spacial score (nSPS) is 10.7. The Morgan fingerprint density at radius 2 is 1.93 bits per heavy atom. The van der Waals surface area contributed by atoms with Gasteiger partial charge in [-0.1, -0.05) is 24.3 Å². The maximum Gasteiger partial charge on any atom is 0.226 e. The van der Waals surface area contributed by atoms with Crippen molar-refractivity contribution in [3.63, 3.8) is 0 Å². The summed E-state index contributed by atoms with van der Waals surface area (Å²) in [6.07, 6.45) is 1.97. The van der Waals surface area contributed by atoms with Crippen LogP contribution in [0.2, 0.25) is 0 Å². The molecule has 4 aromatic rings. The van der Waals surface area contributed by atoms with Crippen molar-refractivity contribution in [1.82, 2.24) is 9.97 Å². The van der Waals surface area contributed by atoms with E-state index < -0.39 is 0 Å². The highest BCUT2D eigenvalue weighted by Crippen LogP contribution is 2.26. The minimum atomic E-state index is -0.0400. The second-order valence-corrected chi connectivity index (χ2v) is 8.18. The Balaban J connectivity index is 1.30. The highest BCUT2D eigenvalue weighted by molar-refractivity contribution is 7.18. The summed E-state index contributed by atoms with van der Waals surface area (Å²) >= 11 is 3.08. The van der Waals surface area contributed by atoms with Gasteiger partial charge in [-0.25, -0.2) is 9.97 Å². The van der Waals surface area contributed by atoms with Crippen molar-refractivity contribution in [3.05, 3.63) is 64.5 Å². The molecule has 0 unspecified atom stereocenters. The maximum atomic E-state index is 12.2. The molecule has 0 aliphatic carbocycles. The summed E-state index contributed by atoms with van der Waals surface area (Å²) in [6, 6.07) is 17.4. The van der Waals surface area contributed by atoms with Crippen molar-refractivity contribution in [2.45, 2.75) is 19.3 Å². The first kappa shape index (κ1) is 18.3. The molecule has 7 heteroatoms. The topological polar surface area (TPSA) is 78.7 Å². The molecule has 1 amide bonds. The first-order chi connectivity index (χ1) is 13.7. The number of nitrogens with one attached hydrogen (secondary N) is 1. The van der Waals surface area contributed by atoms with Crippen LogP contribution in [0, 0.1) is 11.3 Å². The molecule has 0 spiro atoms. The van der Waals surface area contributed by atoms with E-state index in [4.69, 9.17) is 5.26 Å². The van der Waals surface area contributed by atoms with Gasteiger partial charge in [0.15, 0.2) is 5.13 Å². The SMILES string of the molecule is N#Cc1ccc(-c2csc(NC(=O)CCCc3nc4ccccc4s3)n2)cc1. The molecule has 2 heterocycles. The number of hydrogen-bond donors (Lipinski definition) is 1. The van der Waals surface area contributed by atoms with Gasteiger partial charge in [-0.2, -0.15) is 5.26 Å². The Morgan fingerprint density at radius 1 is 1.11 bits per heavy atom. The summed E-state index contributed by atoms with van der Waals surface area (Å²) in [5, 5.41) is 15.3. The zero-order chi connectivity index (χ0) is 19.3. The maximum absolute atomic E-state index is 12.2. The number of para-hydroxylation sites is 1. The summed E-state index contributed by atoms with van der Waals surface area (Å²) in [5.74, 6) is -0.0400. The Hall–Kier alpha value is -3.08. The van der Waals surface area contributed by atoms with Crippen LogP contribution in [-0.2, 0) is 11.2 Å². The summed E-state index contributed by atoms with van der Waals surface area (Å²) in [5.41, 5.74) is 3.34. The molecule has 5 nitrogen and oxygen atoms in total. The number of rotatable bonds is 6. The van der Waals surface area contributed by atoms with Crippen LogP contribution in [0.5, 0.6) is 0 Å². The largest absolute Gasteiger partial charge is 0.302 e. The minimum Gasteiger partial charge on any atom is -0.302 e. The highest BCUT2D eigenvalue weighted by Gasteiger charge is 2.09. The van der Waals surface area contributed by atoms with Gasteiger partial charge in [-0.05, 0) is 37.1 Å². The molecule has 4 rings (SSSR count). The molecule has 0 aliphatic rings. The third-order valence-corrected chi connectivity index (χ3v) is 6.05. The van der Waals surface area contributed by atoms with Crippen LogP contribution >= 0.6 is 22.7 Å². The van der Waals surface area contributed by atoms with Gasteiger partial charge in [0.25, 0.3) is 0 Å². The lowest BCUT2D eigenvalue weighted by molar-refractivity contribution is -0.116. The van der Waals surface area contributed by atoms with Gasteiger partial charge in [0.2, 0.25) is 5.91 Å².